The van der Waals surface area contributed by atoms with E-state index in [0.29, 0.717) is 0 Å². The second kappa shape index (κ2) is 3.26. The molecule has 13 heavy (non-hydrogen) atoms. The number of H-pyrrole nitrogens is 1. The summed E-state index contributed by atoms with van der Waals surface area (Å²) in [5.41, 5.74) is -1.81. The lowest BCUT2D eigenvalue weighted by Gasteiger charge is -1.99. The van der Waals surface area contributed by atoms with Crippen molar-refractivity contribution in [1.29, 1.82) is 0 Å². The van der Waals surface area contributed by atoms with Gasteiger partial charge in [0.05, 0.1) is 0 Å². The molecule has 0 aliphatic carbocycles. The molecule has 1 heterocycles. The van der Waals surface area contributed by atoms with E-state index < -0.39 is 22.8 Å². The first-order chi connectivity index (χ1) is 6.07. The Morgan fingerprint density at radius 3 is 2.69 bits per heavy atom. The van der Waals surface area contributed by atoms with Crippen LogP contribution in [0.15, 0.2) is 15.8 Å². The molecule has 0 saturated carbocycles. The van der Waals surface area contributed by atoms with Crippen molar-refractivity contribution in [1.82, 2.24) is 9.55 Å². The van der Waals surface area contributed by atoms with Gasteiger partial charge in [0.1, 0.15) is 5.56 Å². The number of carbonyl (C=O) groups is 1. The zero-order valence-electron chi connectivity index (χ0n) is 6.90. The lowest BCUT2D eigenvalue weighted by molar-refractivity contribution is 0.0693. The molecular weight excluding hydrogens is 176 g/mol. The first-order valence-corrected chi connectivity index (χ1v) is 3.63. The third kappa shape index (κ3) is 1.51. The highest BCUT2D eigenvalue weighted by atomic mass is 16.4. The number of rotatable bonds is 2. The summed E-state index contributed by atoms with van der Waals surface area (Å²) in [4.78, 5) is 34.8. The van der Waals surface area contributed by atoms with E-state index in [0.717, 1.165) is 10.8 Å². The second-order valence-corrected chi connectivity index (χ2v) is 2.36. The molecular formula is C7H8N2O4. The molecule has 1 rings (SSSR count). The van der Waals surface area contributed by atoms with Gasteiger partial charge in [0.25, 0.3) is 5.56 Å². The number of hydrogen-bond donors (Lipinski definition) is 2. The maximum absolute atomic E-state index is 11.2. The van der Waals surface area contributed by atoms with Crippen LogP contribution in [-0.4, -0.2) is 20.6 Å². The van der Waals surface area contributed by atoms with Crippen molar-refractivity contribution in [3.8, 4) is 0 Å². The van der Waals surface area contributed by atoms with Crippen LogP contribution < -0.4 is 11.2 Å². The first kappa shape index (κ1) is 9.24. The van der Waals surface area contributed by atoms with Gasteiger partial charge < -0.3 is 10.1 Å². The summed E-state index contributed by atoms with van der Waals surface area (Å²) in [5.74, 6) is -1.34. The van der Waals surface area contributed by atoms with E-state index in [2.05, 4.69) is 4.98 Å². The van der Waals surface area contributed by atoms with Gasteiger partial charge >= 0.3 is 11.7 Å². The summed E-state index contributed by atoms with van der Waals surface area (Å²) in [5, 5.41) is 8.54. The minimum atomic E-state index is -1.34. The van der Waals surface area contributed by atoms with Crippen molar-refractivity contribution in [2.45, 2.75) is 13.5 Å². The SMILES string of the molecule is CCn1c(=O)[nH]cc(C(=O)O)c1=O. The van der Waals surface area contributed by atoms with E-state index in [1.54, 1.807) is 6.92 Å². The van der Waals surface area contributed by atoms with Gasteiger partial charge in [-0.2, -0.15) is 0 Å². The van der Waals surface area contributed by atoms with Crippen LogP contribution in [0.5, 0.6) is 0 Å². The van der Waals surface area contributed by atoms with Crippen LogP contribution in [-0.2, 0) is 6.54 Å². The highest BCUT2D eigenvalue weighted by molar-refractivity contribution is 5.86. The van der Waals surface area contributed by atoms with Crippen molar-refractivity contribution >= 4 is 5.97 Å². The van der Waals surface area contributed by atoms with Gasteiger partial charge in [-0.1, -0.05) is 0 Å². The van der Waals surface area contributed by atoms with E-state index in [-0.39, 0.29) is 6.54 Å². The van der Waals surface area contributed by atoms with Crippen molar-refractivity contribution in [2.24, 2.45) is 0 Å². The van der Waals surface area contributed by atoms with Gasteiger partial charge in [0.2, 0.25) is 0 Å². The normalized spacial score (nSPS) is 9.92. The zero-order valence-corrected chi connectivity index (χ0v) is 6.90. The fourth-order valence-corrected chi connectivity index (χ4v) is 0.952. The molecule has 0 aliphatic rings. The molecule has 6 nitrogen and oxygen atoms in total. The third-order valence-electron chi connectivity index (χ3n) is 1.61. The fraction of sp³-hybridized carbons (Fsp3) is 0.286. The summed E-state index contributed by atoms with van der Waals surface area (Å²) < 4.78 is 0.823. The lowest BCUT2D eigenvalue weighted by atomic mass is 10.3. The number of aromatic nitrogens is 2. The van der Waals surface area contributed by atoms with Crippen molar-refractivity contribution < 1.29 is 9.90 Å². The lowest BCUT2D eigenvalue weighted by Crippen LogP contribution is -2.37. The molecule has 2 N–H and O–H groups in total. The molecule has 0 amide bonds. The number of aromatic carboxylic acids is 1. The van der Waals surface area contributed by atoms with E-state index in [1.807, 2.05) is 0 Å². The first-order valence-electron chi connectivity index (χ1n) is 3.63. The van der Waals surface area contributed by atoms with E-state index in [4.69, 9.17) is 5.11 Å². The molecule has 70 valence electrons. The molecule has 0 aromatic carbocycles. The topological polar surface area (TPSA) is 92.2 Å². The predicted octanol–water partition coefficient (Wildman–Crippen LogP) is -0.745. The third-order valence-corrected chi connectivity index (χ3v) is 1.61. The van der Waals surface area contributed by atoms with E-state index >= 15 is 0 Å². The zero-order chi connectivity index (χ0) is 10.0. The van der Waals surface area contributed by atoms with Gasteiger partial charge in [0.15, 0.2) is 0 Å². The predicted molar refractivity (Wildman–Crippen MR) is 44.0 cm³/mol. The minimum Gasteiger partial charge on any atom is -0.477 e. The number of carboxylic acid groups (broad SMARTS) is 1. The molecule has 0 fully saturated rings. The maximum atomic E-state index is 11.2. The Kier molecular flexibility index (Phi) is 2.32. The molecule has 0 radical (unpaired) electrons. The summed E-state index contributed by atoms with van der Waals surface area (Å²) in [7, 11) is 0. The van der Waals surface area contributed by atoms with Crippen LogP contribution in [0.2, 0.25) is 0 Å². The molecule has 0 saturated heterocycles. The van der Waals surface area contributed by atoms with Crippen LogP contribution in [0.3, 0.4) is 0 Å². The van der Waals surface area contributed by atoms with Crippen molar-refractivity contribution in [3.05, 3.63) is 32.6 Å². The fourth-order valence-electron chi connectivity index (χ4n) is 0.952. The van der Waals surface area contributed by atoms with Gasteiger partial charge in [-0.25, -0.2) is 9.59 Å². The van der Waals surface area contributed by atoms with Gasteiger partial charge in [-0.15, -0.1) is 0 Å². The Morgan fingerprint density at radius 1 is 1.62 bits per heavy atom. The smallest absolute Gasteiger partial charge is 0.342 e. The molecule has 0 atom stereocenters. The molecule has 0 spiro atoms. The van der Waals surface area contributed by atoms with Crippen LogP contribution in [0.4, 0.5) is 0 Å². The molecule has 1 aromatic heterocycles. The number of carboxylic acids is 1. The Balaban J connectivity index is 3.55. The summed E-state index contributed by atoms with van der Waals surface area (Å²) in [6.07, 6.45) is 0.902. The van der Waals surface area contributed by atoms with Crippen LogP contribution in [0.1, 0.15) is 17.3 Å². The molecule has 0 unspecified atom stereocenters. The highest BCUT2D eigenvalue weighted by Gasteiger charge is 2.11. The Labute approximate surface area is 72.5 Å². The molecule has 1 aromatic rings. The van der Waals surface area contributed by atoms with Gasteiger partial charge in [-0.3, -0.25) is 9.36 Å². The number of nitrogens with zero attached hydrogens (tertiary/aromatic N) is 1. The van der Waals surface area contributed by atoms with E-state index in [9.17, 15) is 14.4 Å². The number of nitrogens with one attached hydrogen (secondary N) is 1. The quantitative estimate of drug-likeness (QED) is 0.632. The maximum Gasteiger partial charge on any atom is 0.342 e. The van der Waals surface area contributed by atoms with Crippen LogP contribution in [0.25, 0.3) is 0 Å². The summed E-state index contributed by atoms with van der Waals surface area (Å²) in [6.45, 7) is 1.73. The Morgan fingerprint density at radius 2 is 2.23 bits per heavy atom. The van der Waals surface area contributed by atoms with Crippen molar-refractivity contribution in [2.75, 3.05) is 0 Å². The minimum absolute atomic E-state index is 0.148. The Hall–Kier alpha value is -1.85. The molecule has 0 aliphatic heterocycles. The monoisotopic (exact) mass is 184 g/mol. The molecule has 6 heteroatoms. The largest absolute Gasteiger partial charge is 0.477 e. The molecule has 0 bridgehead atoms. The van der Waals surface area contributed by atoms with Crippen LogP contribution in [0, 0.1) is 0 Å². The average Bonchev–Trinajstić information content (AvgIpc) is 2.04. The van der Waals surface area contributed by atoms with Crippen molar-refractivity contribution in [3.63, 3.8) is 0 Å². The average molecular weight is 184 g/mol. The highest BCUT2D eigenvalue weighted by Crippen LogP contribution is 1.84. The summed E-state index contributed by atoms with van der Waals surface area (Å²) in [6, 6.07) is 0. The standard InChI is InChI=1S/C7H8N2O4/c1-2-9-5(10)4(6(11)12)3-8-7(9)13/h3H,2H2,1H3,(H,8,13)(H,11,12). The van der Waals surface area contributed by atoms with Gasteiger partial charge in [-0.05, 0) is 6.92 Å². The van der Waals surface area contributed by atoms with Gasteiger partial charge in [0, 0.05) is 12.7 Å². The number of hydrogen-bond acceptors (Lipinski definition) is 3. The van der Waals surface area contributed by atoms with Crippen LogP contribution >= 0.6 is 0 Å². The second-order valence-electron chi connectivity index (χ2n) is 2.36. The Bertz CT molecular complexity index is 443. The van der Waals surface area contributed by atoms with E-state index in [1.165, 1.54) is 0 Å². The number of aromatic amines is 1. The summed E-state index contributed by atoms with van der Waals surface area (Å²) >= 11 is 0.